The van der Waals surface area contributed by atoms with Gasteiger partial charge in [-0.05, 0) is 43.5 Å². The Kier molecular flexibility index (Phi) is 7.78. The fourth-order valence-electron chi connectivity index (χ4n) is 2.62. The van der Waals surface area contributed by atoms with Crippen molar-refractivity contribution in [3.8, 4) is 0 Å². The molecule has 2 aromatic rings. The summed E-state index contributed by atoms with van der Waals surface area (Å²) in [6.07, 6.45) is 6.11. The molecule has 0 bridgehead atoms. The lowest BCUT2D eigenvalue weighted by molar-refractivity contribution is 0.0936. The van der Waals surface area contributed by atoms with Crippen LogP contribution in [0.5, 0.6) is 0 Å². The number of hydrogen-bond donors (Lipinski definition) is 2. The quantitative estimate of drug-likeness (QED) is 0.694. The summed E-state index contributed by atoms with van der Waals surface area (Å²) < 4.78 is 15.2. The van der Waals surface area contributed by atoms with E-state index < -0.39 is 11.0 Å². The van der Waals surface area contributed by atoms with Crippen molar-refractivity contribution < 1.29 is 9.00 Å². The van der Waals surface area contributed by atoms with E-state index in [4.69, 9.17) is 0 Å². The van der Waals surface area contributed by atoms with Crippen LogP contribution >= 0.6 is 0 Å². The topological polar surface area (TPSA) is 71.1 Å². The lowest BCUT2D eigenvalue weighted by Crippen LogP contribution is -2.29. The Morgan fingerprint density at radius 1 is 1.27 bits per heavy atom. The minimum Gasteiger partial charge on any atom is -0.345 e. The summed E-state index contributed by atoms with van der Waals surface area (Å²) in [5.41, 5.74) is 3.06. The molecule has 0 aliphatic carbocycles. The number of nitrogens with one attached hydrogen (secondary N) is 2. The number of carbonyl (C=O) groups is 1. The Morgan fingerprint density at radius 3 is 2.73 bits per heavy atom. The van der Waals surface area contributed by atoms with Crippen LogP contribution in [0.25, 0.3) is 0 Å². The van der Waals surface area contributed by atoms with Crippen LogP contribution in [-0.2, 0) is 11.0 Å². The molecule has 0 aliphatic rings. The number of anilines is 1. The van der Waals surface area contributed by atoms with Gasteiger partial charge in [-0.3, -0.25) is 9.78 Å². The molecule has 0 spiro atoms. The smallest absolute Gasteiger partial charge is 0.253 e. The summed E-state index contributed by atoms with van der Waals surface area (Å²) in [6, 6.07) is 9.26. The van der Waals surface area contributed by atoms with E-state index in [1.807, 2.05) is 44.2 Å². The molecule has 1 amide bonds. The van der Waals surface area contributed by atoms with Crippen LogP contribution in [0.2, 0.25) is 0 Å². The molecule has 26 heavy (non-hydrogen) atoms. The highest BCUT2D eigenvalue weighted by atomic mass is 32.2. The third kappa shape index (κ3) is 5.66. The van der Waals surface area contributed by atoms with E-state index in [-0.39, 0.29) is 11.9 Å². The predicted molar refractivity (Wildman–Crippen MR) is 107 cm³/mol. The molecule has 0 fully saturated rings. The molecule has 140 valence electrons. The Balaban J connectivity index is 2.19. The second-order valence-corrected chi connectivity index (χ2v) is 7.58. The maximum Gasteiger partial charge on any atom is 0.253 e. The van der Waals surface area contributed by atoms with E-state index >= 15 is 0 Å². The van der Waals surface area contributed by atoms with Gasteiger partial charge in [-0.25, -0.2) is 4.21 Å². The van der Waals surface area contributed by atoms with Gasteiger partial charge in [0.15, 0.2) is 0 Å². The van der Waals surface area contributed by atoms with Crippen LogP contribution in [0.15, 0.2) is 42.7 Å². The Morgan fingerprint density at radius 2 is 2.08 bits per heavy atom. The van der Waals surface area contributed by atoms with Gasteiger partial charge in [-0.1, -0.05) is 38.0 Å². The molecule has 2 unspecified atom stereocenters. The normalized spacial score (nSPS) is 13.0. The molecule has 1 heterocycles. The fourth-order valence-corrected chi connectivity index (χ4v) is 3.70. The zero-order valence-electron chi connectivity index (χ0n) is 15.6. The van der Waals surface area contributed by atoms with Crippen LogP contribution < -0.4 is 10.0 Å². The molecule has 1 aromatic heterocycles. The lowest BCUT2D eigenvalue weighted by Gasteiger charge is -2.19. The number of carbonyl (C=O) groups excluding carboxylic acids is 1. The zero-order chi connectivity index (χ0) is 18.9. The van der Waals surface area contributed by atoms with E-state index in [0.717, 1.165) is 30.4 Å². The van der Waals surface area contributed by atoms with E-state index in [0.29, 0.717) is 17.0 Å². The van der Waals surface area contributed by atoms with Gasteiger partial charge in [-0.15, -0.1) is 0 Å². The minimum atomic E-state index is -1.19. The van der Waals surface area contributed by atoms with Crippen molar-refractivity contribution in [1.82, 2.24) is 10.3 Å². The summed E-state index contributed by atoms with van der Waals surface area (Å²) in [6.45, 7) is 6.02. The molecular formula is C20H27N3O2S. The van der Waals surface area contributed by atoms with Gasteiger partial charge in [0.25, 0.3) is 5.91 Å². The first-order valence-corrected chi connectivity index (χ1v) is 10.3. The Hall–Kier alpha value is -2.21. The number of hydrogen-bond acceptors (Lipinski definition) is 3. The monoisotopic (exact) mass is 373 g/mol. The van der Waals surface area contributed by atoms with Crippen LogP contribution in [0, 0.1) is 6.92 Å². The van der Waals surface area contributed by atoms with Gasteiger partial charge in [0.2, 0.25) is 0 Å². The molecule has 0 saturated carbocycles. The first-order chi connectivity index (χ1) is 12.5. The van der Waals surface area contributed by atoms with Gasteiger partial charge in [0.05, 0.1) is 17.3 Å². The first kappa shape index (κ1) is 20.1. The summed E-state index contributed by atoms with van der Waals surface area (Å²) in [7, 11) is -1.19. The molecule has 0 saturated heterocycles. The number of nitrogens with zero attached hydrogens (tertiary/aromatic N) is 1. The standard InChI is InChI=1S/C20H27N3O2S/c1-4-6-12-26(25)23-19-10-9-15(3)13-17(19)20(24)22-18(5-2)16-8-7-11-21-14-16/h7-11,13-14,18,23H,4-6,12H2,1-3H3,(H,22,24). The van der Waals surface area contributed by atoms with Gasteiger partial charge < -0.3 is 10.0 Å². The maximum absolute atomic E-state index is 12.9. The summed E-state index contributed by atoms with van der Waals surface area (Å²) in [5.74, 6) is 0.387. The largest absolute Gasteiger partial charge is 0.345 e. The number of aryl methyl sites for hydroxylation is 1. The second-order valence-electron chi connectivity index (χ2n) is 6.27. The number of pyridine rings is 1. The van der Waals surface area contributed by atoms with E-state index in [9.17, 15) is 9.00 Å². The average molecular weight is 374 g/mol. The molecular weight excluding hydrogens is 346 g/mol. The highest BCUT2D eigenvalue weighted by Gasteiger charge is 2.18. The summed E-state index contributed by atoms with van der Waals surface area (Å²) >= 11 is 0. The summed E-state index contributed by atoms with van der Waals surface area (Å²) in [4.78, 5) is 17.0. The Bertz CT molecular complexity index is 750. The third-order valence-corrected chi connectivity index (χ3v) is 5.23. The van der Waals surface area contributed by atoms with E-state index in [1.54, 1.807) is 12.4 Å². The first-order valence-electron chi connectivity index (χ1n) is 9.01. The van der Waals surface area contributed by atoms with Crippen molar-refractivity contribution in [3.63, 3.8) is 0 Å². The minimum absolute atomic E-state index is 0.116. The number of rotatable bonds is 9. The number of aromatic nitrogens is 1. The van der Waals surface area contributed by atoms with Crippen LogP contribution in [0.1, 0.15) is 60.6 Å². The zero-order valence-corrected chi connectivity index (χ0v) is 16.4. The highest BCUT2D eigenvalue weighted by Crippen LogP contribution is 2.21. The van der Waals surface area contributed by atoms with E-state index in [2.05, 4.69) is 21.9 Å². The van der Waals surface area contributed by atoms with Gasteiger partial charge >= 0.3 is 0 Å². The van der Waals surface area contributed by atoms with Crippen LogP contribution in [0.3, 0.4) is 0 Å². The van der Waals surface area contributed by atoms with E-state index in [1.165, 1.54) is 0 Å². The van der Waals surface area contributed by atoms with Gasteiger partial charge in [0.1, 0.15) is 11.0 Å². The molecule has 6 heteroatoms. The third-order valence-electron chi connectivity index (χ3n) is 4.13. The SMILES string of the molecule is CCCCS(=O)Nc1ccc(C)cc1C(=O)NC(CC)c1cccnc1. The molecule has 2 atom stereocenters. The van der Waals surface area contributed by atoms with Crippen LogP contribution in [-0.4, -0.2) is 20.9 Å². The van der Waals surface area contributed by atoms with Gasteiger partial charge in [0, 0.05) is 18.1 Å². The number of benzene rings is 1. The fraction of sp³-hybridized carbons (Fsp3) is 0.400. The van der Waals surface area contributed by atoms with Crippen molar-refractivity contribution >= 4 is 22.6 Å². The van der Waals surface area contributed by atoms with Crippen molar-refractivity contribution in [2.75, 3.05) is 10.5 Å². The average Bonchev–Trinajstić information content (AvgIpc) is 2.66. The molecule has 5 nitrogen and oxygen atoms in total. The molecule has 2 rings (SSSR count). The maximum atomic E-state index is 12.9. The second kappa shape index (κ2) is 10.1. The summed E-state index contributed by atoms with van der Waals surface area (Å²) in [5, 5.41) is 3.07. The van der Waals surface area contributed by atoms with Gasteiger partial charge in [-0.2, -0.15) is 0 Å². The lowest BCUT2D eigenvalue weighted by atomic mass is 10.0. The Labute approximate surface area is 158 Å². The van der Waals surface area contributed by atoms with Crippen molar-refractivity contribution in [2.24, 2.45) is 0 Å². The van der Waals surface area contributed by atoms with Crippen molar-refractivity contribution in [3.05, 3.63) is 59.4 Å². The molecule has 1 aromatic carbocycles. The van der Waals surface area contributed by atoms with Crippen LogP contribution in [0.4, 0.5) is 5.69 Å². The number of unbranched alkanes of at least 4 members (excludes halogenated alkanes) is 1. The van der Waals surface area contributed by atoms with Crippen molar-refractivity contribution in [1.29, 1.82) is 0 Å². The molecule has 0 aliphatic heterocycles. The molecule has 2 N–H and O–H groups in total. The molecule has 0 radical (unpaired) electrons. The number of amides is 1. The highest BCUT2D eigenvalue weighted by molar-refractivity contribution is 7.86. The van der Waals surface area contributed by atoms with Crippen molar-refractivity contribution in [2.45, 2.75) is 46.1 Å². The predicted octanol–water partition coefficient (Wildman–Crippen LogP) is 4.15.